The van der Waals surface area contributed by atoms with Gasteiger partial charge in [-0.15, -0.1) is 0 Å². The highest BCUT2D eigenvalue weighted by atomic mass is 16.4. The second-order valence-corrected chi connectivity index (χ2v) is 6.82. The van der Waals surface area contributed by atoms with E-state index in [4.69, 9.17) is 0 Å². The molecule has 2 heterocycles. The fraction of sp³-hybridized carbons (Fsp3) is 0.875. The van der Waals surface area contributed by atoms with Crippen LogP contribution >= 0.6 is 0 Å². The van der Waals surface area contributed by atoms with E-state index in [1.54, 1.807) is 0 Å². The highest BCUT2D eigenvalue weighted by Crippen LogP contribution is 2.27. The van der Waals surface area contributed by atoms with E-state index in [1.807, 2.05) is 11.8 Å². The molecule has 0 aromatic heterocycles. The minimum atomic E-state index is -0.695. The minimum absolute atomic E-state index is 0.0695. The van der Waals surface area contributed by atoms with Crippen LogP contribution < -0.4 is 0 Å². The Morgan fingerprint density at radius 3 is 2.19 bits per heavy atom. The maximum absolute atomic E-state index is 12.4. The van der Waals surface area contributed by atoms with Crippen LogP contribution in [0.1, 0.15) is 46.5 Å². The molecule has 0 bridgehead atoms. The lowest BCUT2D eigenvalue weighted by atomic mass is 9.94. The van der Waals surface area contributed by atoms with E-state index in [1.165, 1.54) is 0 Å². The summed E-state index contributed by atoms with van der Waals surface area (Å²) in [7, 11) is 0. The number of nitrogens with zero attached hydrogens (tertiary/aromatic N) is 2. The van der Waals surface area contributed by atoms with Gasteiger partial charge in [-0.05, 0) is 38.1 Å². The minimum Gasteiger partial charge on any atom is -0.480 e. The molecular formula is C16H28N2O3. The van der Waals surface area contributed by atoms with Crippen LogP contribution in [0.4, 0.5) is 0 Å². The molecule has 21 heavy (non-hydrogen) atoms. The van der Waals surface area contributed by atoms with Crippen molar-refractivity contribution in [2.24, 2.45) is 11.8 Å². The van der Waals surface area contributed by atoms with Gasteiger partial charge >= 0.3 is 5.97 Å². The van der Waals surface area contributed by atoms with E-state index in [0.717, 1.165) is 45.3 Å². The van der Waals surface area contributed by atoms with Crippen molar-refractivity contribution in [2.75, 3.05) is 19.6 Å². The summed E-state index contributed by atoms with van der Waals surface area (Å²) < 4.78 is 0. The third kappa shape index (κ3) is 3.57. The average molecular weight is 296 g/mol. The molecular weight excluding hydrogens is 268 g/mol. The van der Waals surface area contributed by atoms with Crippen molar-refractivity contribution in [3.63, 3.8) is 0 Å². The molecule has 5 heteroatoms. The molecule has 2 fully saturated rings. The van der Waals surface area contributed by atoms with Gasteiger partial charge in [-0.1, -0.05) is 20.8 Å². The largest absolute Gasteiger partial charge is 0.480 e. The van der Waals surface area contributed by atoms with E-state index in [9.17, 15) is 14.7 Å². The Hall–Kier alpha value is -1.10. The molecule has 120 valence electrons. The molecule has 0 saturated carbocycles. The second kappa shape index (κ2) is 6.77. The first-order valence-electron chi connectivity index (χ1n) is 8.19. The van der Waals surface area contributed by atoms with Crippen molar-refractivity contribution in [1.29, 1.82) is 0 Å². The Bertz CT molecular complexity index is 389. The number of carboxylic acids is 1. The highest BCUT2D eigenvalue weighted by molar-refractivity contribution is 5.78. The molecule has 0 aromatic carbocycles. The van der Waals surface area contributed by atoms with Crippen molar-refractivity contribution in [1.82, 2.24) is 9.80 Å². The van der Waals surface area contributed by atoms with Crippen LogP contribution in [-0.2, 0) is 9.59 Å². The molecule has 2 unspecified atom stereocenters. The summed E-state index contributed by atoms with van der Waals surface area (Å²) in [5.74, 6) is -0.00982. The van der Waals surface area contributed by atoms with Gasteiger partial charge in [-0.2, -0.15) is 0 Å². The molecule has 0 spiro atoms. The molecule has 1 N–H and O–H groups in total. The lowest BCUT2D eigenvalue weighted by Gasteiger charge is -2.39. The van der Waals surface area contributed by atoms with Crippen molar-refractivity contribution >= 4 is 11.9 Å². The van der Waals surface area contributed by atoms with Crippen LogP contribution in [0.25, 0.3) is 0 Å². The normalized spacial score (nSPS) is 26.3. The van der Waals surface area contributed by atoms with Crippen molar-refractivity contribution in [3.05, 3.63) is 0 Å². The SMILES string of the molecule is CC(C)C(C)C(=O)N1CCC(N2CCCC2C(=O)O)CC1. The van der Waals surface area contributed by atoms with Crippen LogP contribution in [-0.4, -0.2) is 58.5 Å². The van der Waals surface area contributed by atoms with E-state index in [0.29, 0.717) is 12.0 Å². The molecule has 2 aliphatic heterocycles. The third-order valence-corrected chi connectivity index (χ3v) is 5.21. The van der Waals surface area contributed by atoms with Crippen molar-refractivity contribution in [2.45, 2.75) is 58.5 Å². The summed E-state index contributed by atoms with van der Waals surface area (Å²) in [6.45, 7) is 8.58. The third-order valence-electron chi connectivity index (χ3n) is 5.21. The summed E-state index contributed by atoms with van der Waals surface area (Å²) in [4.78, 5) is 27.8. The van der Waals surface area contributed by atoms with Crippen molar-refractivity contribution < 1.29 is 14.7 Å². The van der Waals surface area contributed by atoms with Crippen LogP contribution in [0.15, 0.2) is 0 Å². The quantitative estimate of drug-likeness (QED) is 0.859. The summed E-state index contributed by atoms with van der Waals surface area (Å²) in [6.07, 6.45) is 3.54. The maximum atomic E-state index is 12.4. The van der Waals surface area contributed by atoms with Crippen LogP contribution in [0.5, 0.6) is 0 Å². The zero-order valence-corrected chi connectivity index (χ0v) is 13.4. The van der Waals surface area contributed by atoms with Gasteiger partial charge in [0.25, 0.3) is 0 Å². The first kappa shape index (κ1) is 16.3. The van der Waals surface area contributed by atoms with Gasteiger partial charge in [0.2, 0.25) is 5.91 Å². The van der Waals surface area contributed by atoms with E-state index < -0.39 is 5.97 Å². The topological polar surface area (TPSA) is 60.9 Å². The second-order valence-electron chi connectivity index (χ2n) is 6.82. The monoisotopic (exact) mass is 296 g/mol. The fourth-order valence-corrected chi connectivity index (χ4v) is 3.48. The van der Waals surface area contributed by atoms with E-state index >= 15 is 0 Å². The number of piperidine rings is 1. The Morgan fingerprint density at radius 1 is 1.05 bits per heavy atom. The standard InChI is InChI=1S/C16H28N2O3/c1-11(2)12(3)15(19)17-9-6-13(7-10-17)18-8-4-5-14(18)16(20)21/h11-14H,4-10H2,1-3H3,(H,20,21). The Morgan fingerprint density at radius 2 is 1.67 bits per heavy atom. The molecule has 0 aliphatic carbocycles. The maximum Gasteiger partial charge on any atom is 0.320 e. The fourth-order valence-electron chi connectivity index (χ4n) is 3.48. The first-order valence-corrected chi connectivity index (χ1v) is 8.19. The first-order chi connectivity index (χ1) is 9.91. The van der Waals surface area contributed by atoms with Crippen molar-refractivity contribution in [3.8, 4) is 0 Å². The van der Waals surface area contributed by atoms with Crippen LogP contribution in [0.2, 0.25) is 0 Å². The molecule has 0 radical (unpaired) electrons. The van der Waals surface area contributed by atoms with E-state index in [2.05, 4.69) is 18.7 Å². The average Bonchev–Trinajstić information content (AvgIpc) is 2.95. The number of likely N-dealkylation sites (tertiary alicyclic amines) is 2. The Balaban J connectivity index is 1.88. The number of hydrogen-bond donors (Lipinski definition) is 1. The Kier molecular flexibility index (Phi) is 5.25. The summed E-state index contributed by atoms with van der Waals surface area (Å²) in [5, 5.41) is 9.28. The zero-order chi connectivity index (χ0) is 15.6. The van der Waals surface area contributed by atoms with Gasteiger partial charge in [0.15, 0.2) is 0 Å². The van der Waals surface area contributed by atoms with Crippen LogP contribution in [0.3, 0.4) is 0 Å². The smallest absolute Gasteiger partial charge is 0.320 e. The van der Waals surface area contributed by atoms with Gasteiger partial charge in [0, 0.05) is 25.0 Å². The number of amides is 1. The molecule has 2 rings (SSSR count). The number of aliphatic carboxylic acids is 1. The molecule has 2 saturated heterocycles. The van der Waals surface area contributed by atoms with Gasteiger partial charge in [0.1, 0.15) is 6.04 Å². The lowest BCUT2D eigenvalue weighted by molar-refractivity contribution is -0.144. The van der Waals surface area contributed by atoms with Gasteiger partial charge in [0.05, 0.1) is 0 Å². The molecule has 2 aliphatic rings. The van der Waals surface area contributed by atoms with Gasteiger partial charge < -0.3 is 10.0 Å². The zero-order valence-electron chi connectivity index (χ0n) is 13.4. The predicted octanol–water partition coefficient (Wildman–Crippen LogP) is 1.82. The van der Waals surface area contributed by atoms with Gasteiger partial charge in [-0.3, -0.25) is 14.5 Å². The highest BCUT2D eigenvalue weighted by Gasteiger charge is 2.37. The molecule has 0 aromatic rings. The predicted molar refractivity (Wildman–Crippen MR) is 81.0 cm³/mol. The summed E-state index contributed by atoms with van der Waals surface area (Å²) >= 11 is 0. The van der Waals surface area contributed by atoms with E-state index in [-0.39, 0.29) is 17.9 Å². The van der Waals surface area contributed by atoms with Crippen LogP contribution in [0, 0.1) is 11.8 Å². The molecule has 2 atom stereocenters. The summed E-state index contributed by atoms with van der Waals surface area (Å²) in [5.41, 5.74) is 0. The number of rotatable bonds is 4. The van der Waals surface area contributed by atoms with Gasteiger partial charge in [-0.25, -0.2) is 0 Å². The molecule has 5 nitrogen and oxygen atoms in total. The molecule has 1 amide bonds. The number of carbonyl (C=O) groups is 2. The Labute approximate surface area is 127 Å². The number of carboxylic acid groups (broad SMARTS) is 1. The number of hydrogen-bond acceptors (Lipinski definition) is 3. The summed E-state index contributed by atoms with van der Waals surface area (Å²) in [6, 6.07) is 0.0128. The number of carbonyl (C=O) groups excluding carboxylic acids is 1. The lowest BCUT2D eigenvalue weighted by Crippen LogP contribution is -2.51.